The standard InChI is InChI=1S/C7H9ClN2S/c8-4-5-1-2-6(10-9)7(11)3-5/h1-3,10-11H,4,9H2. The second kappa shape index (κ2) is 3.85. The predicted molar refractivity (Wildman–Crippen MR) is 51.1 cm³/mol. The highest BCUT2D eigenvalue weighted by molar-refractivity contribution is 7.80. The van der Waals surface area contributed by atoms with Crippen molar-refractivity contribution in [1.29, 1.82) is 0 Å². The van der Waals surface area contributed by atoms with Gasteiger partial charge in [0.15, 0.2) is 0 Å². The topological polar surface area (TPSA) is 38.0 Å². The van der Waals surface area contributed by atoms with Gasteiger partial charge in [0.1, 0.15) is 0 Å². The van der Waals surface area contributed by atoms with E-state index < -0.39 is 0 Å². The molecular weight excluding hydrogens is 180 g/mol. The first-order chi connectivity index (χ1) is 5.27. The molecular formula is C7H9ClN2S. The average Bonchev–Trinajstić information content (AvgIpc) is 2.04. The van der Waals surface area contributed by atoms with Crippen molar-refractivity contribution < 1.29 is 0 Å². The van der Waals surface area contributed by atoms with E-state index in [1.165, 1.54) is 0 Å². The molecule has 0 aliphatic rings. The number of thiol groups is 1. The van der Waals surface area contributed by atoms with E-state index in [9.17, 15) is 0 Å². The number of halogens is 1. The first-order valence-corrected chi connectivity index (χ1v) is 4.10. The summed E-state index contributed by atoms with van der Waals surface area (Å²) in [5.74, 6) is 5.71. The Labute approximate surface area is 76.1 Å². The molecule has 4 heteroatoms. The number of alkyl halides is 1. The van der Waals surface area contributed by atoms with Gasteiger partial charge in [-0.1, -0.05) is 6.07 Å². The smallest absolute Gasteiger partial charge is 0.0618 e. The molecule has 0 aliphatic carbocycles. The van der Waals surface area contributed by atoms with Crippen LogP contribution in [0.4, 0.5) is 5.69 Å². The molecule has 3 N–H and O–H groups in total. The average molecular weight is 189 g/mol. The number of anilines is 1. The lowest BCUT2D eigenvalue weighted by atomic mass is 10.2. The van der Waals surface area contributed by atoms with Crippen molar-refractivity contribution in [2.24, 2.45) is 5.84 Å². The minimum atomic E-state index is 0.498. The molecule has 0 heterocycles. The van der Waals surface area contributed by atoms with Crippen LogP contribution in [0.2, 0.25) is 0 Å². The first-order valence-electron chi connectivity index (χ1n) is 3.12. The van der Waals surface area contributed by atoms with Crippen molar-refractivity contribution in [3.63, 3.8) is 0 Å². The number of nitrogen functional groups attached to an aromatic ring is 1. The van der Waals surface area contributed by atoms with Crippen LogP contribution in [0.5, 0.6) is 0 Å². The number of hydrogen-bond acceptors (Lipinski definition) is 3. The Morgan fingerprint density at radius 2 is 2.27 bits per heavy atom. The molecule has 2 nitrogen and oxygen atoms in total. The Kier molecular flexibility index (Phi) is 3.05. The van der Waals surface area contributed by atoms with Gasteiger partial charge in [0.25, 0.3) is 0 Å². The highest BCUT2D eigenvalue weighted by Gasteiger charge is 1.97. The Balaban J connectivity index is 2.99. The highest BCUT2D eigenvalue weighted by Crippen LogP contribution is 2.20. The molecule has 0 bridgehead atoms. The van der Waals surface area contributed by atoms with Gasteiger partial charge in [-0.3, -0.25) is 5.84 Å². The molecule has 11 heavy (non-hydrogen) atoms. The van der Waals surface area contributed by atoms with Gasteiger partial charge in [0.05, 0.1) is 5.69 Å². The Bertz CT molecular complexity index is 252. The van der Waals surface area contributed by atoms with E-state index in [1.807, 2.05) is 18.2 Å². The summed E-state index contributed by atoms with van der Waals surface area (Å²) >= 11 is 9.81. The summed E-state index contributed by atoms with van der Waals surface area (Å²) in [4.78, 5) is 0.811. The van der Waals surface area contributed by atoms with E-state index in [0.717, 1.165) is 16.1 Å². The summed E-state index contributed by atoms with van der Waals surface area (Å²) in [6, 6.07) is 5.63. The van der Waals surface area contributed by atoms with Gasteiger partial charge >= 0.3 is 0 Å². The Morgan fingerprint density at radius 1 is 1.55 bits per heavy atom. The van der Waals surface area contributed by atoms with Crippen molar-refractivity contribution in [2.75, 3.05) is 5.43 Å². The van der Waals surface area contributed by atoms with E-state index in [4.69, 9.17) is 17.4 Å². The number of rotatable bonds is 2. The van der Waals surface area contributed by atoms with Crippen LogP contribution in [0.15, 0.2) is 23.1 Å². The summed E-state index contributed by atoms with van der Waals surface area (Å²) in [5, 5.41) is 0. The molecule has 0 fully saturated rings. The molecule has 0 saturated heterocycles. The third kappa shape index (κ3) is 2.02. The van der Waals surface area contributed by atoms with Crippen LogP contribution in [0.3, 0.4) is 0 Å². The van der Waals surface area contributed by atoms with Crippen LogP contribution in [0.25, 0.3) is 0 Å². The number of hydrazine groups is 1. The molecule has 0 unspecified atom stereocenters. The normalized spacial score (nSPS) is 9.73. The predicted octanol–water partition coefficient (Wildman–Crippen LogP) is 2.00. The molecule has 0 aliphatic heterocycles. The summed E-state index contributed by atoms with van der Waals surface area (Å²) in [6.45, 7) is 0. The van der Waals surface area contributed by atoms with Crippen LogP contribution in [-0.4, -0.2) is 0 Å². The zero-order valence-electron chi connectivity index (χ0n) is 5.84. The van der Waals surface area contributed by atoms with Crippen molar-refractivity contribution in [3.8, 4) is 0 Å². The molecule has 1 aromatic carbocycles. The summed E-state index contributed by atoms with van der Waals surface area (Å²) < 4.78 is 0. The maximum atomic E-state index is 5.61. The number of nitrogens with two attached hydrogens (primary N) is 1. The second-order valence-electron chi connectivity index (χ2n) is 2.13. The molecule has 0 saturated carbocycles. The molecule has 60 valence electrons. The zero-order valence-corrected chi connectivity index (χ0v) is 7.49. The minimum absolute atomic E-state index is 0.498. The second-order valence-corrected chi connectivity index (χ2v) is 2.88. The van der Waals surface area contributed by atoms with Crippen molar-refractivity contribution >= 4 is 29.9 Å². The Hall–Kier alpha value is -0.380. The fourth-order valence-electron chi connectivity index (χ4n) is 0.782. The van der Waals surface area contributed by atoms with Crippen molar-refractivity contribution in [2.45, 2.75) is 10.8 Å². The first kappa shape index (κ1) is 8.71. The maximum absolute atomic E-state index is 5.61. The summed E-state index contributed by atoms with van der Waals surface area (Å²) in [5.41, 5.74) is 4.37. The van der Waals surface area contributed by atoms with E-state index in [2.05, 4.69) is 18.1 Å². The zero-order chi connectivity index (χ0) is 8.27. The van der Waals surface area contributed by atoms with Crippen LogP contribution in [0.1, 0.15) is 5.56 Å². The minimum Gasteiger partial charge on any atom is -0.323 e. The summed E-state index contributed by atoms with van der Waals surface area (Å²) in [7, 11) is 0. The van der Waals surface area contributed by atoms with Crippen molar-refractivity contribution in [1.82, 2.24) is 0 Å². The molecule has 0 amide bonds. The van der Waals surface area contributed by atoms with Gasteiger partial charge in [-0.25, -0.2) is 0 Å². The van der Waals surface area contributed by atoms with E-state index in [-0.39, 0.29) is 0 Å². The Morgan fingerprint density at radius 3 is 2.73 bits per heavy atom. The van der Waals surface area contributed by atoms with E-state index in [0.29, 0.717) is 5.88 Å². The maximum Gasteiger partial charge on any atom is 0.0618 e. The van der Waals surface area contributed by atoms with Crippen LogP contribution in [0, 0.1) is 0 Å². The van der Waals surface area contributed by atoms with Gasteiger partial charge in [-0.15, -0.1) is 24.2 Å². The lowest BCUT2D eigenvalue weighted by molar-refractivity contribution is 1.26. The fourth-order valence-corrected chi connectivity index (χ4v) is 1.25. The fraction of sp³-hybridized carbons (Fsp3) is 0.143. The lowest BCUT2D eigenvalue weighted by Crippen LogP contribution is -2.07. The van der Waals surface area contributed by atoms with E-state index >= 15 is 0 Å². The molecule has 1 aromatic rings. The largest absolute Gasteiger partial charge is 0.323 e. The van der Waals surface area contributed by atoms with Crippen LogP contribution < -0.4 is 11.3 Å². The van der Waals surface area contributed by atoms with Gasteiger partial charge in [0, 0.05) is 10.8 Å². The summed E-state index contributed by atoms with van der Waals surface area (Å²) in [6.07, 6.45) is 0. The molecule has 0 spiro atoms. The quantitative estimate of drug-likeness (QED) is 0.288. The van der Waals surface area contributed by atoms with Gasteiger partial charge in [0.2, 0.25) is 0 Å². The van der Waals surface area contributed by atoms with E-state index in [1.54, 1.807) is 0 Å². The number of hydrogen-bond donors (Lipinski definition) is 3. The highest BCUT2D eigenvalue weighted by atomic mass is 35.5. The lowest BCUT2D eigenvalue weighted by Gasteiger charge is -2.04. The van der Waals surface area contributed by atoms with Gasteiger partial charge < -0.3 is 5.43 Å². The molecule has 0 aromatic heterocycles. The molecule has 0 radical (unpaired) electrons. The molecule has 1 rings (SSSR count). The number of benzene rings is 1. The van der Waals surface area contributed by atoms with Gasteiger partial charge in [-0.05, 0) is 17.7 Å². The van der Waals surface area contributed by atoms with Gasteiger partial charge in [-0.2, -0.15) is 0 Å². The van der Waals surface area contributed by atoms with Crippen LogP contribution in [-0.2, 0) is 5.88 Å². The SMILES string of the molecule is NNc1ccc(CCl)cc1S. The monoisotopic (exact) mass is 188 g/mol. The molecule has 0 atom stereocenters. The number of nitrogens with one attached hydrogen (secondary N) is 1. The third-order valence-electron chi connectivity index (χ3n) is 1.37. The van der Waals surface area contributed by atoms with Crippen LogP contribution >= 0.6 is 24.2 Å². The van der Waals surface area contributed by atoms with Crippen molar-refractivity contribution in [3.05, 3.63) is 23.8 Å². The third-order valence-corrected chi connectivity index (χ3v) is 2.05.